The van der Waals surface area contributed by atoms with Gasteiger partial charge in [0.15, 0.2) is 0 Å². The number of benzene rings is 1. The molecule has 1 aromatic rings. The molecule has 0 aliphatic carbocycles. The van der Waals surface area contributed by atoms with E-state index in [1.54, 1.807) is 12.1 Å². The summed E-state index contributed by atoms with van der Waals surface area (Å²) < 4.78 is 5.64. The van der Waals surface area contributed by atoms with E-state index in [4.69, 9.17) is 9.84 Å². The molecule has 37 heavy (non-hydrogen) atoms. The Balaban J connectivity index is 1.99. The maximum Gasteiger partial charge on any atom is 0.335 e. The van der Waals surface area contributed by atoms with Crippen molar-refractivity contribution in [1.82, 2.24) is 10.6 Å². The lowest BCUT2D eigenvalue weighted by Crippen LogP contribution is -2.41. The summed E-state index contributed by atoms with van der Waals surface area (Å²) in [7, 11) is 0. The van der Waals surface area contributed by atoms with Crippen LogP contribution in [0.25, 0.3) is 0 Å². The van der Waals surface area contributed by atoms with E-state index in [1.165, 1.54) is 12.1 Å². The average Bonchev–Trinajstić information content (AvgIpc) is 2.87. The molecule has 208 valence electrons. The fourth-order valence-corrected chi connectivity index (χ4v) is 3.80. The van der Waals surface area contributed by atoms with E-state index in [-0.39, 0.29) is 30.2 Å². The number of hydrogen-bond acceptors (Lipinski definition) is 5. The largest absolute Gasteiger partial charge is 0.494 e. The zero-order chi connectivity index (χ0) is 27.3. The lowest BCUT2D eigenvalue weighted by atomic mass is 10.1. The van der Waals surface area contributed by atoms with Crippen LogP contribution in [0.5, 0.6) is 5.75 Å². The zero-order valence-electron chi connectivity index (χ0n) is 22.1. The number of carbonyl (C=O) groups is 4. The lowest BCUT2D eigenvalue weighted by Gasteiger charge is -2.14. The van der Waals surface area contributed by atoms with Crippen LogP contribution in [0.2, 0.25) is 0 Å². The Kier molecular flexibility index (Phi) is 17.3. The van der Waals surface area contributed by atoms with Crippen molar-refractivity contribution in [3.05, 3.63) is 29.8 Å². The van der Waals surface area contributed by atoms with Crippen molar-refractivity contribution in [3.8, 4) is 5.75 Å². The Morgan fingerprint density at radius 3 is 1.95 bits per heavy atom. The van der Waals surface area contributed by atoms with Crippen molar-refractivity contribution in [2.24, 2.45) is 0 Å². The van der Waals surface area contributed by atoms with Crippen LogP contribution in [0, 0.1) is 0 Å². The first-order chi connectivity index (χ1) is 17.8. The number of carbonyl (C=O) groups excluding carboxylic acids is 2. The van der Waals surface area contributed by atoms with Gasteiger partial charge in [0.1, 0.15) is 11.8 Å². The van der Waals surface area contributed by atoms with Gasteiger partial charge in [-0.05, 0) is 49.9 Å². The van der Waals surface area contributed by atoms with Crippen LogP contribution in [0.1, 0.15) is 107 Å². The average molecular weight is 521 g/mol. The molecule has 9 heteroatoms. The van der Waals surface area contributed by atoms with Gasteiger partial charge in [0, 0.05) is 19.4 Å². The molecule has 0 spiro atoms. The molecule has 0 fully saturated rings. The minimum Gasteiger partial charge on any atom is -0.494 e. The Hall–Kier alpha value is -3.10. The van der Waals surface area contributed by atoms with Crippen LogP contribution in [0.3, 0.4) is 0 Å². The number of carboxylic acids is 2. The van der Waals surface area contributed by atoms with Gasteiger partial charge >= 0.3 is 11.9 Å². The maximum atomic E-state index is 12.1. The monoisotopic (exact) mass is 520 g/mol. The predicted molar refractivity (Wildman–Crippen MR) is 142 cm³/mol. The Morgan fingerprint density at radius 2 is 1.38 bits per heavy atom. The Morgan fingerprint density at radius 1 is 0.784 bits per heavy atom. The number of aromatic carboxylic acids is 1. The van der Waals surface area contributed by atoms with Crippen LogP contribution in [-0.4, -0.2) is 53.2 Å². The minimum atomic E-state index is -1.12. The number of rotatable bonds is 22. The zero-order valence-corrected chi connectivity index (χ0v) is 22.1. The van der Waals surface area contributed by atoms with Crippen LogP contribution in [-0.2, 0) is 14.4 Å². The summed E-state index contributed by atoms with van der Waals surface area (Å²) in [5, 5.41) is 23.5. The van der Waals surface area contributed by atoms with Crippen molar-refractivity contribution in [2.45, 2.75) is 103 Å². The molecule has 0 saturated heterocycles. The second-order valence-electron chi connectivity index (χ2n) is 9.31. The van der Waals surface area contributed by atoms with Gasteiger partial charge in [-0.15, -0.1) is 0 Å². The Labute approximate surface area is 220 Å². The van der Waals surface area contributed by atoms with E-state index in [0.717, 1.165) is 70.6 Å². The molecule has 0 saturated carbocycles. The second-order valence-corrected chi connectivity index (χ2v) is 9.31. The van der Waals surface area contributed by atoms with Crippen molar-refractivity contribution in [3.63, 3.8) is 0 Å². The molecule has 0 radical (unpaired) electrons. The van der Waals surface area contributed by atoms with E-state index < -0.39 is 18.0 Å². The standard InChI is InChI=1S/C28H44N2O7/c1-2-3-20-29-25(31)19-18-24(28(35)36)30-26(32)13-11-9-7-5-4-6-8-10-12-21-37-23-16-14-22(15-17-23)27(33)34/h14-17,24H,2-13,18-21H2,1H3,(H,29,31)(H,30,32)(H,33,34)(H,35,36)/t24-/m0/s1. The van der Waals surface area contributed by atoms with Crippen molar-refractivity contribution in [1.29, 1.82) is 0 Å². The van der Waals surface area contributed by atoms with E-state index in [0.29, 0.717) is 25.3 Å². The highest BCUT2D eigenvalue weighted by molar-refractivity contribution is 5.87. The van der Waals surface area contributed by atoms with E-state index >= 15 is 0 Å². The smallest absolute Gasteiger partial charge is 0.335 e. The summed E-state index contributed by atoms with van der Waals surface area (Å²) in [4.78, 5) is 46.1. The third-order valence-electron chi connectivity index (χ3n) is 6.06. The van der Waals surface area contributed by atoms with Gasteiger partial charge in [0.05, 0.1) is 12.2 Å². The van der Waals surface area contributed by atoms with E-state index in [9.17, 15) is 24.3 Å². The summed E-state index contributed by atoms with van der Waals surface area (Å²) >= 11 is 0. The van der Waals surface area contributed by atoms with Crippen LogP contribution in [0.15, 0.2) is 24.3 Å². The molecule has 0 unspecified atom stereocenters. The van der Waals surface area contributed by atoms with E-state index in [1.807, 2.05) is 6.92 Å². The van der Waals surface area contributed by atoms with Crippen molar-refractivity contribution in [2.75, 3.05) is 13.2 Å². The third-order valence-corrected chi connectivity index (χ3v) is 6.06. The van der Waals surface area contributed by atoms with Gasteiger partial charge in [0.25, 0.3) is 0 Å². The van der Waals surface area contributed by atoms with Crippen LogP contribution < -0.4 is 15.4 Å². The molecule has 0 aliphatic heterocycles. The number of ether oxygens (including phenoxy) is 1. The Bertz CT molecular complexity index is 811. The molecule has 1 rings (SSSR count). The topological polar surface area (TPSA) is 142 Å². The first kappa shape index (κ1) is 31.9. The highest BCUT2D eigenvalue weighted by Crippen LogP contribution is 2.14. The minimum absolute atomic E-state index is 0.0797. The SMILES string of the molecule is CCCCNC(=O)CC[C@H](NC(=O)CCCCCCCCCCCOc1ccc(C(=O)O)cc1)C(=O)O. The fourth-order valence-electron chi connectivity index (χ4n) is 3.80. The molecule has 1 atom stereocenters. The van der Waals surface area contributed by atoms with Crippen molar-refractivity contribution >= 4 is 23.8 Å². The molecule has 9 nitrogen and oxygen atoms in total. The van der Waals surface area contributed by atoms with Crippen LogP contribution in [0.4, 0.5) is 0 Å². The highest BCUT2D eigenvalue weighted by atomic mass is 16.5. The summed E-state index contributed by atoms with van der Waals surface area (Å²) in [6.07, 6.45) is 11.6. The predicted octanol–water partition coefficient (Wildman–Crippen LogP) is 4.93. The molecule has 0 aliphatic rings. The van der Waals surface area contributed by atoms with Gasteiger partial charge in [-0.25, -0.2) is 9.59 Å². The van der Waals surface area contributed by atoms with Gasteiger partial charge in [-0.3, -0.25) is 9.59 Å². The first-order valence-electron chi connectivity index (χ1n) is 13.6. The third kappa shape index (κ3) is 16.3. The number of aliphatic carboxylic acids is 1. The van der Waals surface area contributed by atoms with Gasteiger partial charge in [-0.2, -0.15) is 0 Å². The number of amides is 2. The van der Waals surface area contributed by atoms with Gasteiger partial charge in [0.2, 0.25) is 11.8 Å². The van der Waals surface area contributed by atoms with E-state index in [2.05, 4.69) is 10.6 Å². The second kappa shape index (κ2) is 20.0. The summed E-state index contributed by atoms with van der Waals surface area (Å²) in [5.74, 6) is -1.85. The summed E-state index contributed by atoms with van der Waals surface area (Å²) in [6.45, 7) is 3.23. The quantitative estimate of drug-likeness (QED) is 0.159. The molecule has 0 bridgehead atoms. The lowest BCUT2D eigenvalue weighted by molar-refractivity contribution is -0.142. The highest BCUT2D eigenvalue weighted by Gasteiger charge is 2.20. The summed E-state index contributed by atoms with van der Waals surface area (Å²) in [6, 6.07) is 5.39. The number of hydrogen-bond donors (Lipinski definition) is 4. The molecule has 0 aromatic heterocycles. The number of unbranched alkanes of at least 4 members (excludes halogenated alkanes) is 9. The first-order valence-corrected chi connectivity index (χ1v) is 13.6. The molecule has 1 aromatic carbocycles. The fraction of sp³-hybridized carbons (Fsp3) is 0.643. The van der Waals surface area contributed by atoms with Crippen LogP contribution >= 0.6 is 0 Å². The van der Waals surface area contributed by atoms with Gasteiger partial charge < -0.3 is 25.6 Å². The number of carboxylic acid groups (broad SMARTS) is 2. The molecular formula is C28H44N2O7. The molecule has 4 N–H and O–H groups in total. The van der Waals surface area contributed by atoms with Crippen molar-refractivity contribution < 1.29 is 34.1 Å². The molecule has 0 heterocycles. The molecule has 2 amide bonds. The van der Waals surface area contributed by atoms with Gasteiger partial charge in [-0.1, -0.05) is 58.3 Å². The summed E-state index contributed by atoms with van der Waals surface area (Å²) in [5.41, 5.74) is 0.248. The number of nitrogens with one attached hydrogen (secondary N) is 2. The maximum absolute atomic E-state index is 12.1. The molecular weight excluding hydrogens is 476 g/mol. The normalized spacial score (nSPS) is 11.5.